The summed E-state index contributed by atoms with van der Waals surface area (Å²) in [7, 11) is 0. The Morgan fingerprint density at radius 1 is 1.40 bits per heavy atom. The van der Waals surface area contributed by atoms with Gasteiger partial charge >= 0.3 is 5.97 Å². The molecule has 1 aromatic heterocycles. The Kier molecular flexibility index (Phi) is 4.97. The fourth-order valence-electron chi connectivity index (χ4n) is 2.91. The molecule has 6 heteroatoms. The van der Waals surface area contributed by atoms with Gasteiger partial charge in [-0.15, -0.1) is 0 Å². The molecule has 1 aliphatic heterocycles. The molecule has 2 aromatic rings. The van der Waals surface area contributed by atoms with Crippen molar-refractivity contribution in [2.75, 3.05) is 11.9 Å². The molecule has 25 heavy (non-hydrogen) atoms. The third kappa shape index (κ3) is 3.47. The van der Waals surface area contributed by atoms with E-state index < -0.39 is 5.97 Å². The summed E-state index contributed by atoms with van der Waals surface area (Å²) in [6.07, 6.45) is 4.82. The van der Waals surface area contributed by atoms with Gasteiger partial charge in [0.1, 0.15) is 11.4 Å². The lowest BCUT2D eigenvalue weighted by Crippen LogP contribution is -2.34. The minimum absolute atomic E-state index is 0.0155. The topological polar surface area (TPSA) is 73.2 Å². The fourth-order valence-corrected chi connectivity index (χ4v) is 2.91. The van der Waals surface area contributed by atoms with Crippen LogP contribution in [0.5, 0.6) is 0 Å². The average Bonchev–Trinajstić information content (AvgIpc) is 2.62. The lowest BCUT2D eigenvalue weighted by molar-refractivity contribution is 0.0522. The molecule has 1 atom stereocenters. The maximum Gasteiger partial charge on any atom is 0.345 e. The van der Waals surface area contributed by atoms with Crippen molar-refractivity contribution in [3.05, 3.63) is 64.5 Å². The van der Waals surface area contributed by atoms with Gasteiger partial charge in [0, 0.05) is 29.7 Å². The summed E-state index contributed by atoms with van der Waals surface area (Å²) < 4.78 is 6.54. The van der Waals surface area contributed by atoms with Crippen LogP contribution >= 0.6 is 0 Å². The van der Waals surface area contributed by atoms with Crippen molar-refractivity contribution in [1.29, 1.82) is 0 Å². The van der Waals surface area contributed by atoms with Gasteiger partial charge in [-0.1, -0.05) is 18.2 Å². The molecule has 0 saturated carbocycles. The van der Waals surface area contributed by atoms with Crippen LogP contribution in [0, 0.1) is 0 Å². The van der Waals surface area contributed by atoms with Gasteiger partial charge in [0.15, 0.2) is 0 Å². The fraction of sp³-hybridized carbons (Fsp3) is 0.316. The molecule has 0 radical (unpaired) electrons. The summed E-state index contributed by atoms with van der Waals surface area (Å²) >= 11 is 0. The number of para-hydroxylation sites is 1. The second-order valence-electron chi connectivity index (χ2n) is 5.96. The lowest BCUT2D eigenvalue weighted by atomic mass is 10.0. The number of hydrogen-bond acceptors (Lipinski definition) is 5. The maximum atomic E-state index is 12.7. The second-order valence-corrected chi connectivity index (χ2v) is 5.96. The zero-order valence-electron chi connectivity index (χ0n) is 14.4. The first-order chi connectivity index (χ1) is 12.1. The van der Waals surface area contributed by atoms with Crippen molar-refractivity contribution in [1.82, 2.24) is 9.55 Å². The number of benzene rings is 1. The summed E-state index contributed by atoms with van der Waals surface area (Å²) in [5.41, 5.74) is 1.54. The predicted octanol–water partition coefficient (Wildman–Crippen LogP) is 3.23. The molecule has 1 N–H and O–H groups in total. The molecular formula is C19H21N3O3. The molecule has 0 saturated heterocycles. The van der Waals surface area contributed by atoms with Gasteiger partial charge in [-0.25, -0.2) is 9.78 Å². The third-order valence-electron chi connectivity index (χ3n) is 4.23. The molecular weight excluding hydrogens is 318 g/mol. The van der Waals surface area contributed by atoms with Gasteiger partial charge in [0.2, 0.25) is 0 Å². The summed E-state index contributed by atoms with van der Waals surface area (Å²) in [6.45, 7) is 3.89. The van der Waals surface area contributed by atoms with E-state index in [-0.39, 0.29) is 23.8 Å². The van der Waals surface area contributed by atoms with Crippen molar-refractivity contribution in [3.63, 3.8) is 0 Å². The van der Waals surface area contributed by atoms with Crippen LogP contribution in [0.1, 0.15) is 48.9 Å². The number of aromatic nitrogens is 2. The second kappa shape index (κ2) is 7.34. The van der Waals surface area contributed by atoms with E-state index in [1.165, 1.54) is 6.20 Å². The normalized spacial score (nSPS) is 17.8. The molecule has 0 fully saturated rings. The van der Waals surface area contributed by atoms with E-state index in [4.69, 9.17) is 4.74 Å². The van der Waals surface area contributed by atoms with E-state index in [2.05, 4.69) is 10.3 Å². The highest BCUT2D eigenvalue weighted by Crippen LogP contribution is 2.29. The Morgan fingerprint density at radius 2 is 2.16 bits per heavy atom. The van der Waals surface area contributed by atoms with Gasteiger partial charge in [0.25, 0.3) is 5.56 Å². The SMILES string of the molecule is CCOC(=O)c1cnc2n(c1=O)C(C)CC/C2=C\Nc1ccccc1. The molecule has 6 nitrogen and oxygen atoms in total. The molecule has 1 aromatic carbocycles. The first-order valence-corrected chi connectivity index (χ1v) is 8.41. The molecule has 0 amide bonds. The number of carbonyl (C=O) groups is 1. The van der Waals surface area contributed by atoms with E-state index in [0.717, 1.165) is 24.1 Å². The third-order valence-corrected chi connectivity index (χ3v) is 4.23. The van der Waals surface area contributed by atoms with E-state index in [9.17, 15) is 9.59 Å². The number of allylic oxidation sites excluding steroid dienone is 1. The van der Waals surface area contributed by atoms with E-state index in [1.807, 2.05) is 43.5 Å². The Morgan fingerprint density at radius 3 is 2.88 bits per heavy atom. The van der Waals surface area contributed by atoms with Crippen LogP contribution in [-0.2, 0) is 4.74 Å². The molecule has 1 aliphatic rings. The standard InChI is InChI=1S/C19H21N3O3/c1-3-25-19(24)16-12-21-17-14(10-9-13(2)22(17)18(16)23)11-20-15-7-5-4-6-8-15/h4-8,11-13,20H,3,9-10H2,1-2H3/b14-11+. The predicted molar refractivity (Wildman–Crippen MR) is 96.4 cm³/mol. The van der Waals surface area contributed by atoms with Crippen LogP contribution in [-0.4, -0.2) is 22.1 Å². The molecule has 0 bridgehead atoms. The molecule has 1 unspecified atom stereocenters. The smallest absolute Gasteiger partial charge is 0.345 e. The van der Waals surface area contributed by atoms with Gasteiger partial charge in [-0.05, 0) is 38.8 Å². The summed E-state index contributed by atoms with van der Waals surface area (Å²) in [5, 5.41) is 3.24. The number of rotatable bonds is 4. The number of hydrogen-bond donors (Lipinski definition) is 1. The van der Waals surface area contributed by atoms with Gasteiger partial charge < -0.3 is 10.1 Å². The largest absolute Gasteiger partial charge is 0.462 e. The number of ether oxygens (including phenoxy) is 1. The minimum atomic E-state index is -0.624. The van der Waals surface area contributed by atoms with Crippen molar-refractivity contribution >= 4 is 17.2 Å². The maximum absolute atomic E-state index is 12.7. The number of nitrogens with one attached hydrogen (secondary N) is 1. The quantitative estimate of drug-likeness (QED) is 0.866. The Bertz CT molecular complexity index is 856. The number of esters is 1. The Balaban J connectivity index is 1.98. The van der Waals surface area contributed by atoms with Crippen LogP contribution < -0.4 is 10.9 Å². The summed E-state index contributed by atoms with van der Waals surface area (Å²) in [4.78, 5) is 29.1. The molecule has 0 aliphatic carbocycles. The number of fused-ring (bicyclic) bond motifs is 1. The number of anilines is 1. The highest BCUT2D eigenvalue weighted by atomic mass is 16.5. The molecule has 3 rings (SSSR count). The van der Waals surface area contributed by atoms with Crippen LogP contribution in [0.2, 0.25) is 0 Å². The minimum Gasteiger partial charge on any atom is -0.462 e. The summed E-state index contributed by atoms with van der Waals surface area (Å²) in [6, 6.07) is 9.77. The first kappa shape index (κ1) is 17.0. The van der Waals surface area contributed by atoms with Crippen LogP contribution in [0.4, 0.5) is 5.69 Å². The van der Waals surface area contributed by atoms with Crippen LogP contribution in [0.15, 0.2) is 47.5 Å². The van der Waals surface area contributed by atoms with Gasteiger partial charge in [0.05, 0.1) is 6.61 Å². The first-order valence-electron chi connectivity index (χ1n) is 8.41. The van der Waals surface area contributed by atoms with Crippen molar-refractivity contribution in [2.45, 2.75) is 32.7 Å². The highest BCUT2D eigenvalue weighted by Gasteiger charge is 2.25. The average molecular weight is 339 g/mol. The number of carbonyl (C=O) groups excluding carboxylic acids is 1. The van der Waals surface area contributed by atoms with Crippen LogP contribution in [0.3, 0.4) is 0 Å². The van der Waals surface area contributed by atoms with Crippen molar-refractivity contribution in [3.8, 4) is 0 Å². The monoisotopic (exact) mass is 339 g/mol. The van der Waals surface area contributed by atoms with Crippen LogP contribution in [0.25, 0.3) is 5.57 Å². The zero-order chi connectivity index (χ0) is 17.8. The molecule has 2 heterocycles. The van der Waals surface area contributed by atoms with Gasteiger partial charge in [-0.2, -0.15) is 0 Å². The Labute approximate surface area is 146 Å². The zero-order valence-corrected chi connectivity index (χ0v) is 14.4. The van der Waals surface area contributed by atoms with E-state index >= 15 is 0 Å². The van der Waals surface area contributed by atoms with Gasteiger partial charge in [-0.3, -0.25) is 9.36 Å². The van der Waals surface area contributed by atoms with E-state index in [0.29, 0.717) is 5.82 Å². The van der Waals surface area contributed by atoms with Crippen molar-refractivity contribution < 1.29 is 9.53 Å². The summed E-state index contributed by atoms with van der Waals surface area (Å²) in [5.74, 6) is -0.0266. The molecule has 130 valence electrons. The molecule has 0 spiro atoms. The Hall–Kier alpha value is -2.89. The van der Waals surface area contributed by atoms with Crippen molar-refractivity contribution in [2.24, 2.45) is 0 Å². The lowest BCUT2D eigenvalue weighted by Gasteiger charge is -2.26. The van der Waals surface area contributed by atoms with E-state index in [1.54, 1.807) is 11.5 Å². The number of nitrogens with zero attached hydrogens (tertiary/aromatic N) is 2. The highest BCUT2D eigenvalue weighted by molar-refractivity contribution is 5.88.